The lowest BCUT2D eigenvalue weighted by molar-refractivity contribution is -0.133. The Morgan fingerprint density at radius 1 is 1.36 bits per heavy atom. The van der Waals surface area contributed by atoms with Gasteiger partial charge in [-0.1, -0.05) is 0 Å². The number of aryl methyl sites for hydroxylation is 1. The second-order valence-electron chi connectivity index (χ2n) is 5.15. The summed E-state index contributed by atoms with van der Waals surface area (Å²) < 4.78 is 5.29. The quantitative estimate of drug-likeness (QED) is 0.643. The number of benzene rings is 1. The Labute approximate surface area is 132 Å². The highest BCUT2D eigenvalue weighted by Crippen LogP contribution is 2.24. The molecule has 1 saturated heterocycles. The average molecular weight is 316 g/mol. The molecule has 0 radical (unpaired) electrons. The molecular weight excluding hydrogens is 300 g/mol. The molecule has 0 atom stereocenters. The number of ether oxygens (including phenoxy) is 1. The molecule has 1 aromatic carbocycles. The van der Waals surface area contributed by atoms with Crippen molar-refractivity contribution in [2.75, 3.05) is 11.4 Å². The number of aromatic nitrogens is 1. The van der Waals surface area contributed by atoms with Crippen LogP contribution in [-0.4, -0.2) is 23.4 Å². The molecule has 114 valence electrons. The molecule has 0 unspecified atom stereocenters. The van der Waals surface area contributed by atoms with Crippen molar-refractivity contribution in [3.8, 4) is 5.75 Å². The van der Waals surface area contributed by atoms with Crippen molar-refractivity contribution >= 4 is 28.9 Å². The van der Waals surface area contributed by atoms with Crippen LogP contribution in [0.4, 0.5) is 5.69 Å². The lowest BCUT2D eigenvalue weighted by atomic mass is 10.2. The number of hydrogen-bond acceptors (Lipinski definition) is 5. The van der Waals surface area contributed by atoms with Crippen molar-refractivity contribution in [1.82, 2.24) is 4.98 Å². The summed E-state index contributed by atoms with van der Waals surface area (Å²) in [4.78, 5) is 29.5. The summed E-state index contributed by atoms with van der Waals surface area (Å²) >= 11 is 1.51. The molecule has 1 aliphatic heterocycles. The molecular formula is C16H16N2O3S. The van der Waals surface area contributed by atoms with Gasteiger partial charge < -0.3 is 9.64 Å². The van der Waals surface area contributed by atoms with Crippen molar-refractivity contribution < 1.29 is 14.3 Å². The number of nitrogens with zero attached hydrogens (tertiary/aromatic N) is 2. The third kappa shape index (κ3) is 3.33. The Balaban J connectivity index is 1.61. The van der Waals surface area contributed by atoms with E-state index in [1.165, 1.54) is 11.3 Å². The number of thiazole rings is 1. The largest absolute Gasteiger partial charge is 0.426 e. The third-order valence-corrected chi connectivity index (χ3v) is 4.27. The number of anilines is 1. The van der Waals surface area contributed by atoms with E-state index in [-0.39, 0.29) is 18.3 Å². The lowest BCUT2D eigenvalue weighted by Gasteiger charge is -2.15. The van der Waals surface area contributed by atoms with Crippen LogP contribution in [0, 0.1) is 6.92 Å². The van der Waals surface area contributed by atoms with E-state index in [9.17, 15) is 9.59 Å². The zero-order valence-corrected chi connectivity index (χ0v) is 13.1. The van der Waals surface area contributed by atoms with Gasteiger partial charge in [-0.3, -0.25) is 9.59 Å². The Bertz CT molecular complexity index is 694. The van der Waals surface area contributed by atoms with Crippen molar-refractivity contribution in [1.29, 1.82) is 0 Å². The number of esters is 1. The minimum absolute atomic E-state index is 0.142. The molecule has 6 heteroatoms. The van der Waals surface area contributed by atoms with Crippen molar-refractivity contribution in [3.63, 3.8) is 0 Å². The summed E-state index contributed by atoms with van der Waals surface area (Å²) in [6, 6.07) is 7.04. The van der Waals surface area contributed by atoms with Crippen LogP contribution in [0.15, 0.2) is 29.6 Å². The van der Waals surface area contributed by atoms with Crippen molar-refractivity contribution in [2.45, 2.75) is 26.2 Å². The van der Waals surface area contributed by atoms with Crippen LogP contribution in [0.5, 0.6) is 5.75 Å². The summed E-state index contributed by atoms with van der Waals surface area (Å²) in [5.74, 6) is 0.284. The van der Waals surface area contributed by atoms with Gasteiger partial charge >= 0.3 is 5.97 Å². The maximum Gasteiger partial charge on any atom is 0.317 e. The van der Waals surface area contributed by atoms with Gasteiger partial charge in [-0.2, -0.15) is 0 Å². The zero-order valence-electron chi connectivity index (χ0n) is 12.2. The Morgan fingerprint density at radius 2 is 2.14 bits per heavy atom. The van der Waals surface area contributed by atoms with Gasteiger partial charge in [-0.25, -0.2) is 4.98 Å². The van der Waals surface area contributed by atoms with Crippen LogP contribution in [0.2, 0.25) is 0 Å². The van der Waals surface area contributed by atoms with Crippen molar-refractivity contribution in [3.05, 3.63) is 40.3 Å². The molecule has 2 heterocycles. The van der Waals surface area contributed by atoms with Crippen LogP contribution in [0.3, 0.4) is 0 Å². The van der Waals surface area contributed by atoms with Gasteiger partial charge in [-0.15, -0.1) is 11.3 Å². The van der Waals surface area contributed by atoms with E-state index in [1.807, 2.05) is 12.3 Å². The standard InChI is InChI=1S/C16H16N2O3S/c1-11-17-12(10-22-11)9-16(20)21-14-6-4-13(5-7-14)18-8-2-3-15(18)19/h4-7,10H,2-3,8-9H2,1H3. The molecule has 1 amide bonds. The van der Waals surface area contributed by atoms with E-state index in [0.29, 0.717) is 12.2 Å². The fourth-order valence-electron chi connectivity index (χ4n) is 2.42. The maximum absolute atomic E-state index is 11.9. The molecule has 0 aliphatic carbocycles. The van der Waals surface area contributed by atoms with E-state index in [4.69, 9.17) is 4.74 Å². The van der Waals surface area contributed by atoms with Crippen LogP contribution in [0.1, 0.15) is 23.5 Å². The molecule has 1 fully saturated rings. The monoisotopic (exact) mass is 316 g/mol. The zero-order chi connectivity index (χ0) is 15.5. The van der Waals surface area contributed by atoms with Crippen LogP contribution < -0.4 is 9.64 Å². The van der Waals surface area contributed by atoms with Crippen LogP contribution in [-0.2, 0) is 16.0 Å². The molecule has 0 bridgehead atoms. The second kappa shape index (κ2) is 6.27. The summed E-state index contributed by atoms with van der Waals surface area (Å²) in [5.41, 5.74) is 1.57. The Hall–Kier alpha value is -2.21. The van der Waals surface area contributed by atoms with Gasteiger partial charge in [0.25, 0.3) is 0 Å². The maximum atomic E-state index is 11.9. The molecule has 2 aromatic rings. The number of carbonyl (C=O) groups excluding carboxylic acids is 2. The fraction of sp³-hybridized carbons (Fsp3) is 0.312. The molecule has 22 heavy (non-hydrogen) atoms. The summed E-state index contributed by atoms with van der Waals surface area (Å²) in [6.07, 6.45) is 1.66. The molecule has 3 rings (SSSR count). The highest BCUT2D eigenvalue weighted by atomic mass is 32.1. The van der Waals surface area contributed by atoms with Crippen LogP contribution >= 0.6 is 11.3 Å². The molecule has 1 aliphatic rings. The highest BCUT2D eigenvalue weighted by molar-refractivity contribution is 7.09. The first kappa shape index (κ1) is 14.7. The Morgan fingerprint density at radius 3 is 2.73 bits per heavy atom. The second-order valence-corrected chi connectivity index (χ2v) is 6.21. The summed E-state index contributed by atoms with van der Waals surface area (Å²) in [7, 11) is 0. The van der Waals surface area contributed by atoms with E-state index in [0.717, 1.165) is 29.4 Å². The predicted octanol–water partition coefficient (Wildman–Crippen LogP) is 2.73. The van der Waals surface area contributed by atoms with Gasteiger partial charge in [0.15, 0.2) is 0 Å². The average Bonchev–Trinajstić information content (AvgIpc) is 3.08. The van der Waals surface area contributed by atoms with Gasteiger partial charge in [0, 0.05) is 24.0 Å². The predicted molar refractivity (Wildman–Crippen MR) is 84.2 cm³/mol. The Kier molecular flexibility index (Phi) is 4.20. The molecule has 0 saturated carbocycles. The van der Waals surface area contributed by atoms with E-state index < -0.39 is 0 Å². The molecule has 0 N–H and O–H groups in total. The molecule has 5 nitrogen and oxygen atoms in total. The smallest absolute Gasteiger partial charge is 0.317 e. The first-order chi connectivity index (χ1) is 10.6. The fourth-order valence-corrected chi connectivity index (χ4v) is 3.03. The van der Waals surface area contributed by atoms with E-state index >= 15 is 0 Å². The highest BCUT2D eigenvalue weighted by Gasteiger charge is 2.21. The summed E-state index contributed by atoms with van der Waals surface area (Å²) in [6.45, 7) is 2.65. The number of carbonyl (C=O) groups is 2. The normalized spacial score (nSPS) is 14.4. The number of rotatable bonds is 4. The van der Waals surface area contributed by atoms with Gasteiger partial charge in [0.2, 0.25) is 5.91 Å². The number of hydrogen-bond donors (Lipinski definition) is 0. The van der Waals surface area contributed by atoms with E-state index in [1.54, 1.807) is 29.2 Å². The minimum atomic E-state index is -0.338. The van der Waals surface area contributed by atoms with Crippen LogP contribution in [0.25, 0.3) is 0 Å². The first-order valence-corrected chi connectivity index (χ1v) is 8.02. The molecule has 1 aromatic heterocycles. The SMILES string of the molecule is Cc1nc(CC(=O)Oc2ccc(N3CCCC3=O)cc2)cs1. The lowest BCUT2D eigenvalue weighted by Crippen LogP contribution is -2.23. The molecule has 0 spiro atoms. The minimum Gasteiger partial charge on any atom is -0.426 e. The van der Waals surface area contributed by atoms with Crippen molar-refractivity contribution in [2.24, 2.45) is 0 Å². The third-order valence-electron chi connectivity index (χ3n) is 3.45. The number of amides is 1. The van der Waals surface area contributed by atoms with Gasteiger partial charge in [0.05, 0.1) is 17.1 Å². The topological polar surface area (TPSA) is 59.5 Å². The summed E-state index contributed by atoms with van der Waals surface area (Å²) in [5, 5.41) is 2.79. The van der Waals surface area contributed by atoms with Gasteiger partial charge in [0.1, 0.15) is 5.75 Å². The first-order valence-electron chi connectivity index (χ1n) is 7.14. The van der Waals surface area contributed by atoms with E-state index in [2.05, 4.69) is 4.98 Å². The van der Waals surface area contributed by atoms with Gasteiger partial charge in [-0.05, 0) is 37.6 Å².